The molecule has 0 bridgehead atoms. The van der Waals surface area contributed by atoms with Crippen molar-refractivity contribution in [1.29, 1.82) is 0 Å². The number of rotatable bonds is 5. The van der Waals surface area contributed by atoms with E-state index in [0.29, 0.717) is 5.88 Å². The minimum absolute atomic E-state index is 0.0759. The quantitative estimate of drug-likeness (QED) is 0.644. The first-order valence-corrected chi connectivity index (χ1v) is 10.5. The summed E-state index contributed by atoms with van der Waals surface area (Å²) in [4.78, 5) is 15.0. The van der Waals surface area contributed by atoms with Crippen LogP contribution in [0.15, 0.2) is 60.7 Å². The van der Waals surface area contributed by atoms with Crippen LogP contribution in [0.3, 0.4) is 0 Å². The maximum atomic E-state index is 13.1. The fourth-order valence-corrected chi connectivity index (χ4v) is 4.61. The molecule has 0 saturated carbocycles. The van der Waals surface area contributed by atoms with Gasteiger partial charge in [0.1, 0.15) is 0 Å². The highest BCUT2D eigenvalue weighted by molar-refractivity contribution is 8.00. The lowest BCUT2D eigenvalue weighted by atomic mass is 9.76. The molecule has 1 fully saturated rings. The first-order chi connectivity index (χ1) is 12.8. The van der Waals surface area contributed by atoms with Gasteiger partial charge < -0.3 is 4.74 Å². The van der Waals surface area contributed by atoms with Gasteiger partial charge in [0.2, 0.25) is 0 Å². The summed E-state index contributed by atoms with van der Waals surface area (Å²) < 4.78 is 6.32. The second kappa shape index (κ2) is 7.59. The smallest absolute Gasteiger partial charge is 0.412 e. The lowest BCUT2D eigenvalue weighted by molar-refractivity contribution is 0.0555. The van der Waals surface area contributed by atoms with Crippen LogP contribution >= 0.6 is 11.8 Å². The third-order valence-corrected chi connectivity index (χ3v) is 6.18. The lowest BCUT2D eigenvalue weighted by Crippen LogP contribution is -2.47. The van der Waals surface area contributed by atoms with E-state index in [9.17, 15) is 4.79 Å². The van der Waals surface area contributed by atoms with E-state index in [1.165, 1.54) is 0 Å². The SMILES string of the molecule is CC(C)[C@@H]1N(CSC(C)(C)C)C(=O)OC1(c1ccccc1)c1ccccc1. The van der Waals surface area contributed by atoms with Crippen molar-refractivity contribution >= 4 is 17.9 Å². The fourth-order valence-electron chi connectivity index (χ4n) is 3.81. The third kappa shape index (κ3) is 3.86. The van der Waals surface area contributed by atoms with E-state index in [1.807, 2.05) is 41.3 Å². The Morgan fingerprint density at radius 1 is 1.00 bits per heavy atom. The molecular formula is C23H29NO2S. The molecule has 0 aromatic heterocycles. The zero-order valence-corrected chi connectivity index (χ0v) is 17.6. The Bertz CT molecular complexity index is 728. The minimum Gasteiger partial charge on any atom is -0.431 e. The molecule has 1 aliphatic heterocycles. The van der Waals surface area contributed by atoms with Gasteiger partial charge in [0.25, 0.3) is 0 Å². The van der Waals surface area contributed by atoms with Crippen LogP contribution in [-0.2, 0) is 10.3 Å². The number of amides is 1. The summed E-state index contributed by atoms with van der Waals surface area (Å²) in [6.07, 6.45) is -0.238. The van der Waals surface area contributed by atoms with Crippen LogP contribution in [0.1, 0.15) is 45.7 Å². The molecule has 3 rings (SSSR count). The van der Waals surface area contributed by atoms with Crippen molar-refractivity contribution in [3.05, 3.63) is 71.8 Å². The fraction of sp³-hybridized carbons (Fsp3) is 0.435. The predicted octanol–water partition coefficient (Wildman–Crippen LogP) is 5.90. The molecule has 3 nitrogen and oxygen atoms in total. The molecule has 0 spiro atoms. The summed E-state index contributed by atoms with van der Waals surface area (Å²) >= 11 is 1.77. The van der Waals surface area contributed by atoms with Crippen molar-refractivity contribution in [2.45, 2.75) is 51.0 Å². The first-order valence-electron chi connectivity index (χ1n) is 9.50. The molecule has 27 heavy (non-hydrogen) atoms. The Labute approximate surface area is 167 Å². The molecule has 0 N–H and O–H groups in total. The van der Waals surface area contributed by atoms with Gasteiger partial charge in [-0.25, -0.2) is 4.79 Å². The summed E-state index contributed by atoms with van der Waals surface area (Å²) in [7, 11) is 0. The van der Waals surface area contributed by atoms with Crippen molar-refractivity contribution in [2.75, 3.05) is 5.88 Å². The second-order valence-corrected chi connectivity index (χ2v) is 10.2. The largest absolute Gasteiger partial charge is 0.431 e. The topological polar surface area (TPSA) is 29.5 Å². The average molecular weight is 384 g/mol. The summed E-state index contributed by atoms with van der Waals surface area (Å²) in [5, 5.41) is 0. The molecule has 1 saturated heterocycles. The van der Waals surface area contributed by atoms with Gasteiger partial charge >= 0.3 is 6.09 Å². The number of hydrogen-bond donors (Lipinski definition) is 0. The number of nitrogens with zero attached hydrogens (tertiary/aromatic N) is 1. The van der Waals surface area contributed by atoms with Gasteiger partial charge in [0.15, 0.2) is 5.60 Å². The Kier molecular flexibility index (Phi) is 5.57. The molecule has 144 valence electrons. The van der Waals surface area contributed by atoms with Crippen molar-refractivity contribution in [3.8, 4) is 0 Å². The normalized spacial score (nSPS) is 19.4. The van der Waals surface area contributed by atoms with Gasteiger partial charge in [-0.1, -0.05) is 95.3 Å². The molecule has 2 aromatic rings. The van der Waals surface area contributed by atoms with E-state index in [0.717, 1.165) is 11.1 Å². The predicted molar refractivity (Wildman–Crippen MR) is 113 cm³/mol. The van der Waals surface area contributed by atoms with Crippen molar-refractivity contribution < 1.29 is 9.53 Å². The monoisotopic (exact) mass is 383 g/mol. The molecule has 1 amide bonds. The maximum absolute atomic E-state index is 13.1. The standard InChI is InChI=1S/C23H29NO2S/c1-17(2)20-23(18-12-8-6-9-13-18,19-14-10-7-11-15-19)26-21(25)24(20)16-27-22(3,4)5/h6-15,17,20H,16H2,1-5H3/t20-/m0/s1. The van der Waals surface area contributed by atoms with Crippen molar-refractivity contribution in [2.24, 2.45) is 5.92 Å². The summed E-state index contributed by atoms with van der Waals surface area (Å²) in [6.45, 7) is 10.9. The number of cyclic esters (lactones) is 1. The summed E-state index contributed by atoms with van der Waals surface area (Å²) in [5.41, 5.74) is 1.24. The van der Waals surface area contributed by atoms with Crippen molar-refractivity contribution in [1.82, 2.24) is 4.90 Å². The van der Waals surface area contributed by atoms with Crippen LogP contribution < -0.4 is 0 Å². The molecule has 1 aliphatic rings. The van der Waals surface area contributed by atoms with E-state index in [-0.39, 0.29) is 22.8 Å². The Balaban J connectivity index is 2.13. The maximum Gasteiger partial charge on any atom is 0.412 e. The molecule has 4 heteroatoms. The van der Waals surface area contributed by atoms with Gasteiger partial charge in [-0.3, -0.25) is 4.90 Å². The lowest BCUT2D eigenvalue weighted by Gasteiger charge is -2.38. The number of thioether (sulfide) groups is 1. The number of benzene rings is 2. The van der Waals surface area contributed by atoms with Gasteiger partial charge in [0.05, 0.1) is 11.9 Å². The van der Waals surface area contributed by atoms with E-state index in [1.54, 1.807) is 11.8 Å². The van der Waals surface area contributed by atoms with Gasteiger partial charge in [0, 0.05) is 15.9 Å². The van der Waals surface area contributed by atoms with Crippen LogP contribution in [0.5, 0.6) is 0 Å². The van der Waals surface area contributed by atoms with Gasteiger partial charge in [-0.15, -0.1) is 11.8 Å². The molecule has 1 heterocycles. The average Bonchev–Trinajstić information content (AvgIpc) is 2.94. The first kappa shape index (κ1) is 19.8. The molecule has 1 atom stereocenters. The van der Waals surface area contributed by atoms with Crippen LogP contribution in [0.25, 0.3) is 0 Å². The van der Waals surface area contributed by atoms with E-state index < -0.39 is 5.60 Å². The summed E-state index contributed by atoms with van der Waals surface area (Å²) in [6, 6.07) is 20.2. The van der Waals surface area contributed by atoms with Crippen LogP contribution in [-0.4, -0.2) is 27.7 Å². The number of carbonyl (C=O) groups excluding carboxylic acids is 1. The van der Waals surface area contributed by atoms with Crippen molar-refractivity contribution in [3.63, 3.8) is 0 Å². The molecule has 2 aromatic carbocycles. The number of hydrogen-bond acceptors (Lipinski definition) is 3. The highest BCUT2D eigenvalue weighted by Crippen LogP contribution is 2.48. The van der Waals surface area contributed by atoms with E-state index >= 15 is 0 Å². The highest BCUT2D eigenvalue weighted by Gasteiger charge is 2.57. The Morgan fingerprint density at radius 2 is 1.48 bits per heavy atom. The Morgan fingerprint density at radius 3 is 1.89 bits per heavy atom. The highest BCUT2D eigenvalue weighted by atomic mass is 32.2. The Hall–Kier alpha value is -1.94. The molecule has 0 aliphatic carbocycles. The molecule has 0 radical (unpaired) electrons. The summed E-state index contributed by atoms with van der Waals surface area (Å²) in [5.74, 6) is 0.851. The van der Waals surface area contributed by atoms with E-state index in [2.05, 4.69) is 58.9 Å². The van der Waals surface area contributed by atoms with E-state index in [4.69, 9.17) is 4.74 Å². The third-order valence-electron chi connectivity index (χ3n) is 4.91. The number of ether oxygens (including phenoxy) is 1. The molecular weight excluding hydrogens is 354 g/mol. The molecule has 0 unspecified atom stereocenters. The second-order valence-electron chi connectivity index (χ2n) is 8.38. The van der Waals surface area contributed by atoms with Crippen LogP contribution in [0.2, 0.25) is 0 Å². The van der Waals surface area contributed by atoms with Crippen LogP contribution in [0.4, 0.5) is 4.79 Å². The minimum atomic E-state index is -0.799. The van der Waals surface area contributed by atoms with Gasteiger partial charge in [-0.05, 0) is 5.92 Å². The van der Waals surface area contributed by atoms with Crippen LogP contribution in [0, 0.1) is 5.92 Å². The zero-order chi connectivity index (χ0) is 19.7. The zero-order valence-electron chi connectivity index (χ0n) is 16.8. The number of carbonyl (C=O) groups is 1. The van der Waals surface area contributed by atoms with Gasteiger partial charge in [-0.2, -0.15) is 0 Å².